The molecule has 2 rings (SSSR count). The first kappa shape index (κ1) is 14.8. The van der Waals surface area contributed by atoms with Crippen LogP contribution >= 0.6 is 0 Å². The predicted octanol–water partition coefficient (Wildman–Crippen LogP) is 1.65. The molecule has 2 heterocycles. The van der Waals surface area contributed by atoms with Crippen LogP contribution < -0.4 is 5.32 Å². The maximum Gasteiger partial charge on any atom is 0.224 e. The Morgan fingerprint density at radius 2 is 1.95 bits per heavy atom. The van der Waals surface area contributed by atoms with E-state index in [1.54, 1.807) is 0 Å². The first-order chi connectivity index (χ1) is 8.94. The highest BCUT2D eigenvalue weighted by atomic mass is 16.5. The van der Waals surface area contributed by atoms with Gasteiger partial charge in [0.2, 0.25) is 5.91 Å². The van der Waals surface area contributed by atoms with Crippen molar-refractivity contribution in [3.05, 3.63) is 0 Å². The maximum atomic E-state index is 12.1. The summed E-state index contributed by atoms with van der Waals surface area (Å²) in [5, 5.41) is 3.10. The fourth-order valence-corrected chi connectivity index (χ4v) is 2.98. The Kier molecular flexibility index (Phi) is 4.85. The van der Waals surface area contributed by atoms with Gasteiger partial charge in [-0.1, -0.05) is 0 Å². The van der Waals surface area contributed by atoms with E-state index in [1.165, 1.54) is 12.8 Å². The van der Waals surface area contributed by atoms with Crippen molar-refractivity contribution in [2.24, 2.45) is 11.8 Å². The molecule has 1 N–H and O–H groups in total. The number of carbonyl (C=O) groups excluding carboxylic acids is 1. The van der Waals surface area contributed by atoms with Crippen LogP contribution in [0.1, 0.15) is 40.0 Å². The van der Waals surface area contributed by atoms with Crippen LogP contribution in [0.5, 0.6) is 0 Å². The lowest BCUT2D eigenvalue weighted by Gasteiger charge is -2.27. The van der Waals surface area contributed by atoms with Gasteiger partial charge in [-0.2, -0.15) is 0 Å². The SMILES string of the molecule is CC(C)(C)NC(=O)C1CCN(CC2CCOCC2)C1. The molecule has 19 heavy (non-hydrogen) atoms. The Morgan fingerprint density at radius 3 is 2.58 bits per heavy atom. The molecule has 0 aliphatic carbocycles. The van der Waals surface area contributed by atoms with Gasteiger partial charge < -0.3 is 15.0 Å². The highest BCUT2D eigenvalue weighted by molar-refractivity contribution is 5.79. The van der Waals surface area contributed by atoms with E-state index in [0.717, 1.165) is 45.2 Å². The van der Waals surface area contributed by atoms with Crippen LogP contribution in [-0.4, -0.2) is 49.2 Å². The van der Waals surface area contributed by atoms with E-state index in [0.29, 0.717) is 0 Å². The second-order valence-corrected chi connectivity index (χ2v) is 7.04. The second kappa shape index (κ2) is 6.23. The summed E-state index contributed by atoms with van der Waals surface area (Å²) in [7, 11) is 0. The van der Waals surface area contributed by atoms with Gasteiger partial charge in [0, 0.05) is 31.8 Å². The molecule has 1 amide bonds. The third kappa shape index (κ3) is 4.77. The van der Waals surface area contributed by atoms with Crippen molar-refractivity contribution in [1.82, 2.24) is 10.2 Å². The van der Waals surface area contributed by atoms with E-state index in [9.17, 15) is 4.79 Å². The average molecular weight is 268 g/mol. The molecule has 0 aromatic rings. The molecule has 2 aliphatic rings. The lowest BCUT2D eigenvalue weighted by molar-refractivity contribution is -0.126. The number of nitrogens with one attached hydrogen (secondary N) is 1. The molecule has 4 heteroatoms. The predicted molar refractivity (Wildman–Crippen MR) is 76.0 cm³/mol. The third-order valence-corrected chi connectivity index (χ3v) is 4.00. The summed E-state index contributed by atoms with van der Waals surface area (Å²) in [6, 6.07) is 0. The van der Waals surface area contributed by atoms with Crippen molar-refractivity contribution >= 4 is 5.91 Å². The number of rotatable bonds is 3. The Labute approximate surface area is 116 Å². The van der Waals surface area contributed by atoms with E-state index in [1.807, 2.05) is 20.8 Å². The van der Waals surface area contributed by atoms with Crippen molar-refractivity contribution in [1.29, 1.82) is 0 Å². The van der Waals surface area contributed by atoms with Gasteiger partial charge in [0.1, 0.15) is 0 Å². The monoisotopic (exact) mass is 268 g/mol. The van der Waals surface area contributed by atoms with Gasteiger partial charge in [-0.05, 0) is 52.5 Å². The van der Waals surface area contributed by atoms with E-state index in [-0.39, 0.29) is 17.4 Å². The van der Waals surface area contributed by atoms with Gasteiger partial charge in [0.05, 0.1) is 5.92 Å². The number of ether oxygens (including phenoxy) is 1. The summed E-state index contributed by atoms with van der Waals surface area (Å²) in [5.41, 5.74) is -0.120. The lowest BCUT2D eigenvalue weighted by Crippen LogP contribution is -2.44. The zero-order valence-electron chi connectivity index (χ0n) is 12.6. The van der Waals surface area contributed by atoms with Crippen LogP contribution in [0.3, 0.4) is 0 Å². The fourth-order valence-electron chi connectivity index (χ4n) is 2.98. The summed E-state index contributed by atoms with van der Waals surface area (Å²) in [5.74, 6) is 1.17. The van der Waals surface area contributed by atoms with Crippen LogP contribution in [0.2, 0.25) is 0 Å². The Bertz CT molecular complexity index is 306. The maximum absolute atomic E-state index is 12.1. The van der Waals surface area contributed by atoms with Crippen molar-refractivity contribution in [3.63, 3.8) is 0 Å². The van der Waals surface area contributed by atoms with Crippen LogP contribution in [0.15, 0.2) is 0 Å². The highest BCUT2D eigenvalue weighted by Gasteiger charge is 2.31. The standard InChI is InChI=1S/C15H28N2O2/c1-15(2,3)16-14(18)13-4-7-17(11-13)10-12-5-8-19-9-6-12/h12-13H,4-11H2,1-3H3,(H,16,18). The van der Waals surface area contributed by atoms with Gasteiger partial charge in [-0.3, -0.25) is 4.79 Å². The van der Waals surface area contributed by atoms with Crippen molar-refractivity contribution in [2.45, 2.75) is 45.6 Å². The number of hydrogen-bond donors (Lipinski definition) is 1. The first-order valence-corrected chi connectivity index (χ1v) is 7.56. The van der Waals surface area contributed by atoms with Gasteiger partial charge in [0.25, 0.3) is 0 Å². The van der Waals surface area contributed by atoms with Crippen LogP contribution in [0, 0.1) is 11.8 Å². The van der Waals surface area contributed by atoms with E-state index in [2.05, 4.69) is 10.2 Å². The molecule has 0 spiro atoms. The van der Waals surface area contributed by atoms with Crippen molar-refractivity contribution in [2.75, 3.05) is 32.8 Å². The molecule has 1 atom stereocenters. The number of amides is 1. The molecule has 0 bridgehead atoms. The van der Waals surface area contributed by atoms with Crippen molar-refractivity contribution in [3.8, 4) is 0 Å². The highest BCUT2D eigenvalue weighted by Crippen LogP contribution is 2.22. The molecular formula is C15H28N2O2. The minimum absolute atomic E-state index is 0.120. The number of carbonyl (C=O) groups is 1. The minimum atomic E-state index is -0.120. The van der Waals surface area contributed by atoms with Gasteiger partial charge in [-0.25, -0.2) is 0 Å². The zero-order valence-corrected chi connectivity index (χ0v) is 12.6. The molecule has 4 nitrogen and oxygen atoms in total. The molecule has 1 unspecified atom stereocenters. The molecule has 110 valence electrons. The number of nitrogens with zero attached hydrogens (tertiary/aromatic N) is 1. The number of hydrogen-bond acceptors (Lipinski definition) is 3. The summed E-state index contributed by atoms with van der Waals surface area (Å²) in [6.45, 7) is 11.1. The smallest absolute Gasteiger partial charge is 0.224 e. The summed E-state index contributed by atoms with van der Waals surface area (Å²) in [4.78, 5) is 14.6. The molecule has 2 saturated heterocycles. The van der Waals surface area contributed by atoms with E-state index in [4.69, 9.17) is 4.74 Å². The molecule has 0 radical (unpaired) electrons. The molecule has 2 aliphatic heterocycles. The second-order valence-electron chi connectivity index (χ2n) is 7.04. The third-order valence-electron chi connectivity index (χ3n) is 4.00. The zero-order chi connectivity index (χ0) is 13.9. The Balaban J connectivity index is 1.74. The molecule has 2 fully saturated rings. The lowest BCUT2D eigenvalue weighted by atomic mass is 10.00. The van der Waals surface area contributed by atoms with Gasteiger partial charge >= 0.3 is 0 Å². The quantitative estimate of drug-likeness (QED) is 0.846. The van der Waals surface area contributed by atoms with Crippen LogP contribution in [0.4, 0.5) is 0 Å². The van der Waals surface area contributed by atoms with E-state index >= 15 is 0 Å². The molecule has 0 saturated carbocycles. The number of likely N-dealkylation sites (tertiary alicyclic amines) is 1. The summed E-state index contributed by atoms with van der Waals surface area (Å²) < 4.78 is 5.40. The van der Waals surface area contributed by atoms with Gasteiger partial charge in [-0.15, -0.1) is 0 Å². The minimum Gasteiger partial charge on any atom is -0.381 e. The Hall–Kier alpha value is -0.610. The normalized spacial score (nSPS) is 26.6. The molecule has 0 aromatic carbocycles. The Morgan fingerprint density at radius 1 is 1.26 bits per heavy atom. The summed E-state index contributed by atoms with van der Waals surface area (Å²) in [6.07, 6.45) is 3.36. The molecular weight excluding hydrogens is 240 g/mol. The van der Waals surface area contributed by atoms with Crippen molar-refractivity contribution < 1.29 is 9.53 Å². The first-order valence-electron chi connectivity index (χ1n) is 7.56. The molecule has 0 aromatic heterocycles. The summed E-state index contributed by atoms with van der Waals surface area (Å²) >= 11 is 0. The van der Waals surface area contributed by atoms with Gasteiger partial charge in [0.15, 0.2) is 0 Å². The fraction of sp³-hybridized carbons (Fsp3) is 0.933. The largest absolute Gasteiger partial charge is 0.381 e. The van der Waals surface area contributed by atoms with E-state index < -0.39 is 0 Å². The van der Waals surface area contributed by atoms with Crippen LogP contribution in [-0.2, 0) is 9.53 Å². The topological polar surface area (TPSA) is 41.6 Å². The average Bonchev–Trinajstić information content (AvgIpc) is 2.77. The van der Waals surface area contributed by atoms with Crippen LogP contribution in [0.25, 0.3) is 0 Å².